The van der Waals surface area contributed by atoms with Gasteiger partial charge in [-0.05, 0) is 24.3 Å². The molecule has 1 N–H and O–H groups in total. The zero-order chi connectivity index (χ0) is 22.3. The Balaban J connectivity index is 1.96. The quantitative estimate of drug-likeness (QED) is 0.523. The molecule has 0 aliphatic heterocycles. The van der Waals surface area contributed by atoms with Gasteiger partial charge in [0.15, 0.2) is 21.0 Å². The highest BCUT2D eigenvalue weighted by Crippen LogP contribution is 2.32. The monoisotopic (exact) mass is 438 g/mol. The van der Waals surface area contributed by atoms with Gasteiger partial charge in [0, 0.05) is 31.0 Å². The lowest BCUT2D eigenvalue weighted by atomic mass is 10.1. The van der Waals surface area contributed by atoms with Crippen LogP contribution in [0.15, 0.2) is 58.5 Å². The lowest BCUT2D eigenvalue weighted by Gasteiger charge is -2.12. The molecule has 31 heavy (non-hydrogen) atoms. The second-order valence-electron chi connectivity index (χ2n) is 6.92. The van der Waals surface area contributed by atoms with Crippen LogP contribution in [0, 0.1) is 17.1 Å². The number of aromatic amines is 1. The third kappa shape index (κ3) is 3.91. The predicted molar refractivity (Wildman–Crippen MR) is 111 cm³/mol. The number of sulfone groups is 1. The molecular formula is C21H15FN4O4S. The number of H-pyrrole nitrogens is 1. The van der Waals surface area contributed by atoms with Crippen molar-refractivity contribution in [3.05, 3.63) is 70.4 Å². The number of rotatable bonds is 4. The van der Waals surface area contributed by atoms with Crippen molar-refractivity contribution in [1.29, 1.82) is 5.26 Å². The molecule has 0 amide bonds. The second kappa shape index (κ2) is 7.37. The normalized spacial score (nSPS) is 11.4. The molecular weight excluding hydrogens is 423 g/mol. The molecule has 0 unspecified atom stereocenters. The first-order chi connectivity index (χ1) is 14.7. The van der Waals surface area contributed by atoms with Crippen LogP contribution in [0.1, 0.15) is 5.56 Å². The first-order valence-corrected chi connectivity index (χ1v) is 10.8. The first-order valence-electron chi connectivity index (χ1n) is 8.93. The van der Waals surface area contributed by atoms with Crippen LogP contribution in [0.5, 0.6) is 11.5 Å². The van der Waals surface area contributed by atoms with Gasteiger partial charge in [-0.2, -0.15) is 10.4 Å². The van der Waals surface area contributed by atoms with Crippen LogP contribution in [0.2, 0.25) is 0 Å². The molecule has 0 bridgehead atoms. The molecule has 0 atom stereocenters. The Hall–Kier alpha value is -3.97. The van der Waals surface area contributed by atoms with E-state index in [0.29, 0.717) is 5.75 Å². The number of benzene rings is 2. The SMILES string of the molecule is Cn1cc(Oc2cc(F)cc3[nH]c(-c4cc(C#N)ccc4S(C)(=O)=O)cc(=O)c23)cn1. The Morgan fingerprint density at radius 2 is 2.00 bits per heavy atom. The number of fused-ring (bicyclic) bond motifs is 1. The Bertz CT molecular complexity index is 1550. The van der Waals surface area contributed by atoms with Crippen molar-refractivity contribution in [1.82, 2.24) is 14.8 Å². The Morgan fingerprint density at radius 1 is 1.23 bits per heavy atom. The molecule has 2 aromatic carbocycles. The number of ether oxygens (including phenoxy) is 1. The summed E-state index contributed by atoms with van der Waals surface area (Å²) >= 11 is 0. The fourth-order valence-electron chi connectivity index (χ4n) is 3.26. The van der Waals surface area contributed by atoms with Gasteiger partial charge in [-0.15, -0.1) is 0 Å². The van der Waals surface area contributed by atoms with Crippen LogP contribution in [0.3, 0.4) is 0 Å². The summed E-state index contributed by atoms with van der Waals surface area (Å²) in [7, 11) is -1.98. The van der Waals surface area contributed by atoms with Crippen molar-refractivity contribution in [2.75, 3.05) is 6.26 Å². The maximum Gasteiger partial charge on any atom is 0.193 e. The summed E-state index contributed by atoms with van der Waals surface area (Å²) in [5, 5.41) is 13.3. The molecule has 0 fully saturated rings. The topological polar surface area (TPSA) is 118 Å². The smallest absolute Gasteiger partial charge is 0.193 e. The van der Waals surface area contributed by atoms with Gasteiger partial charge in [0.05, 0.1) is 45.5 Å². The Morgan fingerprint density at radius 3 is 2.65 bits per heavy atom. The standard InChI is InChI=1S/C21H15FN4O4S/c1-26-11-14(10-24-26)30-19-7-13(22)6-17-21(19)18(27)8-16(25-17)15-5-12(9-23)3-4-20(15)31(2,28)29/h3-8,10-11H,1-2H3,(H,25,27). The van der Waals surface area contributed by atoms with Crippen LogP contribution < -0.4 is 10.2 Å². The van der Waals surface area contributed by atoms with Gasteiger partial charge in [-0.1, -0.05) is 0 Å². The molecule has 2 aromatic heterocycles. The van der Waals surface area contributed by atoms with E-state index in [9.17, 15) is 22.9 Å². The second-order valence-corrected chi connectivity index (χ2v) is 8.90. The number of nitrogens with zero attached hydrogens (tertiary/aromatic N) is 3. The largest absolute Gasteiger partial charge is 0.453 e. The molecule has 8 nitrogen and oxygen atoms in total. The Labute approximate surface area is 176 Å². The average molecular weight is 438 g/mol. The van der Waals surface area contributed by atoms with Gasteiger partial charge < -0.3 is 9.72 Å². The van der Waals surface area contributed by atoms with Crippen LogP contribution in [-0.4, -0.2) is 29.4 Å². The highest BCUT2D eigenvalue weighted by Gasteiger charge is 2.19. The zero-order valence-corrected chi connectivity index (χ0v) is 17.2. The van der Waals surface area contributed by atoms with Crippen molar-refractivity contribution >= 4 is 20.7 Å². The number of aromatic nitrogens is 3. The minimum atomic E-state index is -3.67. The summed E-state index contributed by atoms with van der Waals surface area (Å²) in [6.45, 7) is 0. The number of hydrogen-bond donors (Lipinski definition) is 1. The van der Waals surface area contributed by atoms with Crippen molar-refractivity contribution in [3.8, 4) is 28.8 Å². The summed E-state index contributed by atoms with van der Waals surface area (Å²) in [5.41, 5.74) is 0.0864. The molecule has 4 rings (SSSR count). The summed E-state index contributed by atoms with van der Waals surface area (Å²) < 4.78 is 45.9. The summed E-state index contributed by atoms with van der Waals surface area (Å²) in [5.74, 6) is -0.350. The first kappa shape index (κ1) is 20.3. The average Bonchev–Trinajstić information content (AvgIpc) is 3.10. The van der Waals surface area contributed by atoms with Crippen molar-refractivity contribution < 1.29 is 17.5 Å². The maximum atomic E-state index is 14.3. The van der Waals surface area contributed by atoms with Crippen molar-refractivity contribution in [3.63, 3.8) is 0 Å². The van der Waals surface area contributed by atoms with Crippen LogP contribution in [-0.2, 0) is 16.9 Å². The van der Waals surface area contributed by atoms with Crippen LogP contribution >= 0.6 is 0 Å². The fourth-order valence-corrected chi connectivity index (χ4v) is 4.14. The minimum absolute atomic E-state index is 0.00934. The van der Waals surface area contributed by atoms with E-state index in [2.05, 4.69) is 10.1 Å². The van der Waals surface area contributed by atoms with E-state index >= 15 is 0 Å². The van der Waals surface area contributed by atoms with E-state index in [1.165, 1.54) is 35.1 Å². The third-order valence-electron chi connectivity index (χ3n) is 4.57. The van der Waals surface area contributed by atoms with Gasteiger partial charge in [0.1, 0.15) is 11.6 Å². The van der Waals surface area contributed by atoms with Crippen molar-refractivity contribution in [2.24, 2.45) is 7.05 Å². The molecule has 0 saturated carbocycles. The predicted octanol–water partition coefficient (Wildman–Crippen LogP) is 3.14. The van der Waals surface area contributed by atoms with E-state index in [0.717, 1.165) is 18.4 Å². The van der Waals surface area contributed by atoms with E-state index < -0.39 is 21.1 Å². The van der Waals surface area contributed by atoms with E-state index in [-0.39, 0.29) is 38.4 Å². The van der Waals surface area contributed by atoms with Gasteiger partial charge in [-0.25, -0.2) is 12.8 Å². The molecule has 0 radical (unpaired) electrons. The van der Waals surface area contributed by atoms with Gasteiger partial charge in [0.2, 0.25) is 0 Å². The van der Waals surface area contributed by atoms with E-state index in [4.69, 9.17) is 4.74 Å². The molecule has 2 heterocycles. The molecule has 0 saturated heterocycles. The van der Waals surface area contributed by atoms with E-state index in [1.54, 1.807) is 13.2 Å². The molecule has 0 aliphatic carbocycles. The number of hydrogen-bond acceptors (Lipinski definition) is 6. The number of nitriles is 1. The number of pyridine rings is 1. The maximum absolute atomic E-state index is 14.3. The highest BCUT2D eigenvalue weighted by molar-refractivity contribution is 7.90. The summed E-state index contributed by atoms with van der Waals surface area (Å²) in [6.07, 6.45) is 4.01. The summed E-state index contributed by atoms with van der Waals surface area (Å²) in [6, 6.07) is 9.37. The van der Waals surface area contributed by atoms with Gasteiger partial charge in [-0.3, -0.25) is 9.48 Å². The minimum Gasteiger partial charge on any atom is -0.453 e. The van der Waals surface area contributed by atoms with Gasteiger partial charge >= 0.3 is 0 Å². The molecule has 156 valence electrons. The molecule has 4 aromatic rings. The van der Waals surface area contributed by atoms with Gasteiger partial charge in [0.25, 0.3) is 0 Å². The Kier molecular flexibility index (Phi) is 4.83. The number of aryl methyl sites for hydroxylation is 1. The van der Waals surface area contributed by atoms with Crippen molar-refractivity contribution in [2.45, 2.75) is 4.90 Å². The van der Waals surface area contributed by atoms with Crippen LogP contribution in [0.4, 0.5) is 4.39 Å². The zero-order valence-electron chi connectivity index (χ0n) is 16.4. The highest BCUT2D eigenvalue weighted by atomic mass is 32.2. The third-order valence-corrected chi connectivity index (χ3v) is 5.72. The lowest BCUT2D eigenvalue weighted by Crippen LogP contribution is -2.07. The number of nitrogens with one attached hydrogen (secondary N) is 1. The van der Waals surface area contributed by atoms with E-state index in [1.807, 2.05) is 6.07 Å². The fraction of sp³-hybridized carbons (Fsp3) is 0.0952. The molecule has 10 heteroatoms. The van der Waals surface area contributed by atoms with Crippen LogP contribution in [0.25, 0.3) is 22.2 Å². The number of halogens is 1. The summed E-state index contributed by atoms with van der Waals surface area (Å²) in [4.78, 5) is 15.8. The molecule has 0 spiro atoms. The molecule has 0 aliphatic rings. The lowest BCUT2D eigenvalue weighted by molar-refractivity contribution is 0.482.